The first-order valence-electron chi connectivity index (χ1n) is 7.95. The van der Waals surface area contributed by atoms with Gasteiger partial charge < -0.3 is 14.8 Å². The minimum atomic E-state index is -0.510. The highest BCUT2D eigenvalue weighted by Crippen LogP contribution is 2.17. The summed E-state index contributed by atoms with van der Waals surface area (Å²) < 4.78 is 9.83. The van der Waals surface area contributed by atoms with Gasteiger partial charge >= 0.3 is 12.1 Å². The number of hydrogen-bond donors (Lipinski definition) is 1. The Hall–Kier alpha value is -3.08. The van der Waals surface area contributed by atoms with E-state index in [1.165, 1.54) is 13.2 Å². The Bertz CT molecular complexity index is 698. The van der Waals surface area contributed by atoms with Crippen molar-refractivity contribution in [2.45, 2.75) is 19.1 Å². The summed E-state index contributed by atoms with van der Waals surface area (Å²) in [5, 5.41) is 2.83. The zero-order valence-electron chi connectivity index (χ0n) is 14.1. The van der Waals surface area contributed by atoms with Gasteiger partial charge in [0.25, 0.3) is 0 Å². The Morgan fingerprint density at radius 3 is 2.32 bits per heavy atom. The van der Waals surface area contributed by atoms with Crippen LogP contribution < -0.4 is 5.32 Å². The number of ether oxygens (including phenoxy) is 2. The van der Waals surface area contributed by atoms with Crippen LogP contribution in [0.1, 0.15) is 23.6 Å². The van der Waals surface area contributed by atoms with E-state index in [1.807, 2.05) is 60.7 Å². The van der Waals surface area contributed by atoms with E-state index in [9.17, 15) is 9.59 Å². The van der Waals surface area contributed by atoms with Gasteiger partial charge in [0.2, 0.25) is 0 Å². The highest BCUT2D eigenvalue weighted by molar-refractivity contribution is 5.81. The summed E-state index contributed by atoms with van der Waals surface area (Å²) in [7, 11) is 1.32. The van der Waals surface area contributed by atoms with E-state index < -0.39 is 12.1 Å². The number of amides is 1. The van der Waals surface area contributed by atoms with Gasteiger partial charge in [0, 0.05) is 6.08 Å². The quantitative estimate of drug-likeness (QED) is 0.616. The van der Waals surface area contributed by atoms with Crippen LogP contribution in [0.4, 0.5) is 4.79 Å². The highest BCUT2D eigenvalue weighted by Gasteiger charge is 2.14. The Morgan fingerprint density at radius 1 is 1.04 bits per heavy atom. The number of methoxy groups -OCH3 is 1. The van der Waals surface area contributed by atoms with Gasteiger partial charge in [-0.1, -0.05) is 66.7 Å². The average molecular weight is 339 g/mol. The first-order chi connectivity index (χ1) is 12.2. The molecule has 5 heteroatoms. The van der Waals surface area contributed by atoms with Gasteiger partial charge in [-0.2, -0.15) is 0 Å². The fourth-order valence-electron chi connectivity index (χ4n) is 2.24. The Morgan fingerprint density at radius 2 is 1.68 bits per heavy atom. The van der Waals surface area contributed by atoms with Gasteiger partial charge in [-0.15, -0.1) is 0 Å². The van der Waals surface area contributed by atoms with E-state index >= 15 is 0 Å². The maximum atomic E-state index is 12.1. The molecule has 130 valence electrons. The predicted octanol–water partition coefficient (Wildman–Crippen LogP) is 3.77. The minimum Gasteiger partial charge on any atom is -0.466 e. The van der Waals surface area contributed by atoms with Gasteiger partial charge in [-0.05, 0) is 17.5 Å². The summed E-state index contributed by atoms with van der Waals surface area (Å²) in [6.07, 6.45) is 2.94. The van der Waals surface area contributed by atoms with Gasteiger partial charge in [0.05, 0.1) is 13.2 Å². The van der Waals surface area contributed by atoms with E-state index in [2.05, 4.69) is 10.1 Å². The summed E-state index contributed by atoms with van der Waals surface area (Å²) in [6, 6.07) is 18.7. The fourth-order valence-corrected chi connectivity index (χ4v) is 2.24. The number of hydrogen-bond acceptors (Lipinski definition) is 4. The molecule has 0 aliphatic carbocycles. The van der Waals surface area contributed by atoms with Crippen molar-refractivity contribution in [3.8, 4) is 0 Å². The number of esters is 1. The lowest BCUT2D eigenvalue weighted by Crippen LogP contribution is -2.28. The van der Waals surface area contributed by atoms with Crippen LogP contribution in [0.25, 0.3) is 0 Å². The van der Waals surface area contributed by atoms with Crippen LogP contribution in [0.3, 0.4) is 0 Å². The topological polar surface area (TPSA) is 64.6 Å². The second kappa shape index (κ2) is 9.93. The van der Waals surface area contributed by atoms with Crippen molar-refractivity contribution < 1.29 is 19.1 Å². The normalized spacial score (nSPS) is 11.7. The third kappa shape index (κ3) is 6.51. The van der Waals surface area contributed by atoms with Crippen molar-refractivity contribution in [1.82, 2.24) is 5.32 Å². The van der Waals surface area contributed by atoms with Crippen LogP contribution in [0.5, 0.6) is 0 Å². The summed E-state index contributed by atoms with van der Waals surface area (Å²) in [4.78, 5) is 23.3. The number of carbonyl (C=O) groups is 2. The van der Waals surface area contributed by atoms with Gasteiger partial charge in [-0.3, -0.25) is 0 Å². The van der Waals surface area contributed by atoms with Crippen LogP contribution >= 0.6 is 0 Å². The molecule has 0 spiro atoms. The molecule has 1 unspecified atom stereocenters. The zero-order valence-corrected chi connectivity index (χ0v) is 14.1. The number of nitrogens with one attached hydrogen (secondary N) is 1. The molecule has 25 heavy (non-hydrogen) atoms. The third-order valence-electron chi connectivity index (χ3n) is 3.53. The molecule has 2 rings (SSSR count). The van der Waals surface area contributed by atoms with E-state index in [1.54, 1.807) is 6.08 Å². The largest absolute Gasteiger partial charge is 0.466 e. The monoisotopic (exact) mass is 339 g/mol. The maximum absolute atomic E-state index is 12.1. The van der Waals surface area contributed by atoms with Crippen molar-refractivity contribution in [1.29, 1.82) is 0 Å². The van der Waals surface area contributed by atoms with E-state index in [0.29, 0.717) is 6.42 Å². The van der Waals surface area contributed by atoms with Crippen molar-refractivity contribution >= 4 is 12.1 Å². The molecule has 2 aromatic rings. The molecule has 0 bridgehead atoms. The van der Waals surface area contributed by atoms with Crippen molar-refractivity contribution in [2.24, 2.45) is 0 Å². The number of benzene rings is 2. The molecular weight excluding hydrogens is 318 g/mol. The number of alkyl carbamates (subject to hydrolysis) is 1. The van der Waals surface area contributed by atoms with Crippen LogP contribution in [-0.4, -0.2) is 19.2 Å². The van der Waals surface area contributed by atoms with Crippen molar-refractivity contribution in [2.75, 3.05) is 7.11 Å². The lowest BCUT2D eigenvalue weighted by molar-refractivity contribution is -0.134. The summed E-state index contributed by atoms with van der Waals surface area (Å²) in [6.45, 7) is 0.201. The fraction of sp³-hybridized carbons (Fsp3) is 0.200. The molecule has 1 atom stereocenters. The van der Waals surface area contributed by atoms with Gasteiger partial charge in [0.15, 0.2) is 0 Å². The molecule has 0 heterocycles. The molecule has 1 N–H and O–H groups in total. The SMILES string of the molecule is COC(=O)C=CCC(NC(=O)OCc1ccccc1)c1ccccc1. The Labute approximate surface area is 147 Å². The second-order valence-corrected chi connectivity index (χ2v) is 5.33. The van der Waals surface area contributed by atoms with Crippen LogP contribution in [0.2, 0.25) is 0 Å². The molecule has 0 fully saturated rings. The number of rotatable bonds is 7. The van der Waals surface area contributed by atoms with Crippen LogP contribution in [0, 0.1) is 0 Å². The molecule has 0 aliphatic heterocycles. The molecule has 0 radical (unpaired) electrons. The minimum absolute atomic E-state index is 0.201. The molecule has 0 saturated carbocycles. The summed E-state index contributed by atoms with van der Waals surface area (Å²) in [5.41, 5.74) is 1.84. The van der Waals surface area contributed by atoms with Crippen LogP contribution in [0.15, 0.2) is 72.8 Å². The molecular formula is C20H21NO4. The highest BCUT2D eigenvalue weighted by atomic mass is 16.5. The average Bonchev–Trinajstić information content (AvgIpc) is 2.67. The third-order valence-corrected chi connectivity index (χ3v) is 3.53. The second-order valence-electron chi connectivity index (χ2n) is 5.33. The summed E-state index contributed by atoms with van der Waals surface area (Å²) >= 11 is 0. The van der Waals surface area contributed by atoms with Crippen LogP contribution in [-0.2, 0) is 20.9 Å². The Kier molecular flexibility index (Phi) is 7.25. The first kappa shape index (κ1) is 18.3. The molecule has 0 aliphatic rings. The van der Waals surface area contributed by atoms with E-state index in [4.69, 9.17) is 4.74 Å². The van der Waals surface area contributed by atoms with E-state index in [0.717, 1.165) is 11.1 Å². The lowest BCUT2D eigenvalue weighted by atomic mass is 10.0. The molecule has 0 aromatic heterocycles. The molecule has 0 saturated heterocycles. The van der Waals surface area contributed by atoms with E-state index in [-0.39, 0.29) is 12.6 Å². The Balaban J connectivity index is 1.96. The maximum Gasteiger partial charge on any atom is 0.407 e. The zero-order chi connectivity index (χ0) is 17.9. The number of carbonyl (C=O) groups excluding carboxylic acids is 2. The van der Waals surface area contributed by atoms with Gasteiger partial charge in [-0.25, -0.2) is 9.59 Å². The molecule has 1 amide bonds. The predicted molar refractivity (Wildman–Crippen MR) is 94.7 cm³/mol. The van der Waals surface area contributed by atoms with Gasteiger partial charge in [0.1, 0.15) is 6.61 Å². The smallest absolute Gasteiger partial charge is 0.407 e. The summed E-state index contributed by atoms with van der Waals surface area (Å²) in [5.74, 6) is -0.432. The lowest BCUT2D eigenvalue weighted by Gasteiger charge is -2.17. The molecule has 5 nitrogen and oxygen atoms in total. The van der Waals surface area contributed by atoms with Crippen molar-refractivity contribution in [3.63, 3.8) is 0 Å². The molecule has 2 aromatic carbocycles. The van der Waals surface area contributed by atoms with Crippen molar-refractivity contribution in [3.05, 3.63) is 83.9 Å². The first-order valence-corrected chi connectivity index (χ1v) is 7.95. The standard InChI is InChI=1S/C20H21NO4/c1-24-19(22)14-8-13-18(17-11-6-3-7-12-17)21-20(23)25-15-16-9-4-2-5-10-16/h2-12,14,18H,13,15H2,1H3,(H,21,23).